The highest BCUT2D eigenvalue weighted by Gasteiger charge is 2.17. The average Bonchev–Trinajstić information content (AvgIpc) is 3.05. The number of thiazole rings is 1. The Bertz CT molecular complexity index is 768. The number of ether oxygens (including phenoxy) is 2. The molecule has 1 aromatic heterocycles. The van der Waals surface area contributed by atoms with Crippen LogP contribution in [0, 0.1) is 0 Å². The van der Waals surface area contributed by atoms with Gasteiger partial charge in [0.1, 0.15) is 0 Å². The number of halogens is 1. The Morgan fingerprint density at radius 3 is 2.88 bits per heavy atom. The first-order valence-corrected chi connectivity index (χ1v) is 10.5. The summed E-state index contributed by atoms with van der Waals surface area (Å²) in [5.74, 6) is 1.02. The minimum Gasteiger partial charge on any atom is -0.493 e. The smallest absolute Gasteiger partial charge is 0.251 e. The third-order valence-electron chi connectivity index (χ3n) is 4.29. The molecule has 0 aliphatic heterocycles. The lowest BCUT2D eigenvalue weighted by Crippen LogP contribution is -2.25. The second-order valence-corrected chi connectivity index (χ2v) is 8.14. The summed E-state index contributed by atoms with van der Waals surface area (Å²) in [4.78, 5) is 18.6. The molecule has 1 amide bonds. The molecule has 7 heteroatoms. The number of methoxy groups -OCH3 is 1. The number of hydrogen-bond acceptors (Lipinski definition) is 5. The van der Waals surface area contributed by atoms with E-state index in [-0.39, 0.29) is 5.91 Å². The Balaban J connectivity index is 1.61. The first kappa shape index (κ1) is 19.2. The maximum atomic E-state index is 12.5. The molecule has 0 atom stereocenters. The number of rotatable bonds is 7. The SMILES string of the molecule is CCOc1c(Br)cc(C(=O)NCCc2nc3c(s2)CCCC3)cc1OC. The molecule has 0 fully saturated rings. The molecule has 0 saturated carbocycles. The zero-order valence-electron chi connectivity index (χ0n) is 15.1. The number of aromatic nitrogens is 1. The van der Waals surface area contributed by atoms with Crippen LogP contribution in [-0.4, -0.2) is 31.2 Å². The van der Waals surface area contributed by atoms with Gasteiger partial charge in [0.15, 0.2) is 11.5 Å². The van der Waals surface area contributed by atoms with Crippen LogP contribution in [0.1, 0.15) is 45.7 Å². The summed E-state index contributed by atoms with van der Waals surface area (Å²) in [5, 5.41) is 4.08. The summed E-state index contributed by atoms with van der Waals surface area (Å²) in [5.41, 5.74) is 1.80. The van der Waals surface area contributed by atoms with Crippen molar-refractivity contribution in [3.63, 3.8) is 0 Å². The van der Waals surface area contributed by atoms with E-state index in [1.807, 2.05) is 6.92 Å². The molecule has 5 nitrogen and oxygen atoms in total. The van der Waals surface area contributed by atoms with E-state index in [0.29, 0.717) is 34.7 Å². The molecular weight excluding hydrogens is 416 g/mol. The van der Waals surface area contributed by atoms with Crippen LogP contribution >= 0.6 is 27.3 Å². The lowest BCUT2D eigenvalue weighted by molar-refractivity contribution is 0.0953. The lowest BCUT2D eigenvalue weighted by Gasteiger charge is -2.13. The topological polar surface area (TPSA) is 60.5 Å². The van der Waals surface area contributed by atoms with Gasteiger partial charge in [-0.25, -0.2) is 4.98 Å². The predicted molar refractivity (Wildman–Crippen MR) is 107 cm³/mol. The standard InChI is InChI=1S/C19H23BrN2O3S/c1-3-25-18-13(20)10-12(11-15(18)24-2)19(23)21-9-8-17-22-14-6-4-5-7-16(14)26-17/h10-11H,3-9H2,1-2H3,(H,21,23). The quantitative estimate of drug-likeness (QED) is 0.704. The summed E-state index contributed by atoms with van der Waals surface area (Å²) in [6.07, 6.45) is 5.51. The molecule has 0 bridgehead atoms. The molecule has 0 unspecified atom stereocenters. The highest BCUT2D eigenvalue weighted by Crippen LogP contribution is 2.36. The third kappa shape index (κ3) is 4.38. The molecule has 0 radical (unpaired) electrons. The van der Waals surface area contributed by atoms with Crippen molar-refractivity contribution < 1.29 is 14.3 Å². The molecule has 1 aliphatic rings. The maximum absolute atomic E-state index is 12.5. The Kier molecular flexibility index (Phi) is 6.53. The largest absolute Gasteiger partial charge is 0.493 e. The van der Waals surface area contributed by atoms with E-state index in [9.17, 15) is 4.79 Å². The molecule has 3 rings (SSSR count). The van der Waals surface area contributed by atoms with E-state index >= 15 is 0 Å². The van der Waals surface area contributed by atoms with Crippen LogP contribution in [0.25, 0.3) is 0 Å². The van der Waals surface area contributed by atoms with E-state index in [4.69, 9.17) is 14.5 Å². The number of aryl methyl sites for hydroxylation is 2. The monoisotopic (exact) mass is 438 g/mol. The zero-order valence-corrected chi connectivity index (χ0v) is 17.5. The van der Waals surface area contributed by atoms with Crippen molar-refractivity contribution in [2.75, 3.05) is 20.3 Å². The number of amides is 1. The van der Waals surface area contributed by atoms with Crippen molar-refractivity contribution in [1.82, 2.24) is 10.3 Å². The minimum absolute atomic E-state index is 0.131. The van der Waals surface area contributed by atoms with Crippen LogP contribution in [0.4, 0.5) is 0 Å². The molecule has 0 spiro atoms. The van der Waals surface area contributed by atoms with Crippen molar-refractivity contribution >= 4 is 33.2 Å². The summed E-state index contributed by atoms with van der Waals surface area (Å²) in [6.45, 7) is 3.00. The summed E-state index contributed by atoms with van der Waals surface area (Å²) < 4.78 is 11.6. The molecule has 1 heterocycles. The van der Waals surface area contributed by atoms with Crippen molar-refractivity contribution in [1.29, 1.82) is 0 Å². The normalized spacial score (nSPS) is 13.2. The van der Waals surface area contributed by atoms with Crippen LogP contribution in [0.5, 0.6) is 11.5 Å². The molecule has 140 valence electrons. The third-order valence-corrected chi connectivity index (χ3v) is 6.10. The van der Waals surface area contributed by atoms with Gasteiger partial charge in [-0.2, -0.15) is 0 Å². The molecule has 26 heavy (non-hydrogen) atoms. The molecule has 1 aromatic carbocycles. The van der Waals surface area contributed by atoms with Crippen LogP contribution in [0.15, 0.2) is 16.6 Å². The number of nitrogens with zero attached hydrogens (tertiary/aromatic N) is 1. The van der Waals surface area contributed by atoms with Gasteiger partial charge in [-0.15, -0.1) is 11.3 Å². The van der Waals surface area contributed by atoms with Gasteiger partial charge < -0.3 is 14.8 Å². The number of fused-ring (bicyclic) bond motifs is 1. The molecular formula is C19H23BrN2O3S. The van der Waals surface area contributed by atoms with Crippen LogP contribution < -0.4 is 14.8 Å². The van der Waals surface area contributed by atoms with Gasteiger partial charge in [-0.3, -0.25) is 4.79 Å². The minimum atomic E-state index is -0.131. The van der Waals surface area contributed by atoms with Crippen molar-refractivity contribution in [2.24, 2.45) is 0 Å². The van der Waals surface area contributed by atoms with Crippen molar-refractivity contribution in [3.8, 4) is 11.5 Å². The zero-order chi connectivity index (χ0) is 18.5. The second-order valence-electron chi connectivity index (χ2n) is 6.11. The highest BCUT2D eigenvalue weighted by atomic mass is 79.9. The van der Waals surface area contributed by atoms with Gasteiger partial charge >= 0.3 is 0 Å². The van der Waals surface area contributed by atoms with E-state index < -0.39 is 0 Å². The Labute approximate surface area is 166 Å². The Morgan fingerprint density at radius 2 is 2.15 bits per heavy atom. The summed E-state index contributed by atoms with van der Waals surface area (Å²) in [6, 6.07) is 3.46. The van der Waals surface area contributed by atoms with Crippen molar-refractivity contribution in [2.45, 2.75) is 39.0 Å². The molecule has 0 saturated heterocycles. The fraction of sp³-hybridized carbons (Fsp3) is 0.474. The summed E-state index contributed by atoms with van der Waals surface area (Å²) >= 11 is 5.24. The van der Waals surface area contributed by atoms with Crippen molar-refractivity contribution in [3.05, 3.63) is 37.7 Å². The van der Waals surface area contributed by atoms with Crippen LogP contribution in [0.3, 0.4) is 0 Å². The molecule has 1 N–H and O–H groups in total. The molecule has 2 aromatic rings. The van der Waals surface area contributed by atoms with E-state index in [1.165, 1.54) is 23.4 Å². The number of nitrogens with one attached hydrogen (secondary N) is 1. The fourth-order valence-electron chi connectivity index (χ4n) is 3.03. The van der Waals surface area contributed by atoms with E-state index in [0.717, 1.165) is 24.3 Å². The Morgan fingerprint density at radius 1 is 1.35 bits per heavy atom. The fourth-order valence-corrected chi connectivity index (χ4v) is 4.75. The van der Waals surface area contributed by atoms with Gasteiger partial charge in [0.05, 0.1) is 28.9 Å². The highest BCUT2D eigenvalue weighted by molar-refractivity contribution is 9.10. The van der Waals surface area contributed by atoms with Gasteiger partial charge in [0.2, 0.25) is 0 Å². The second kappa shape index (κ2) is 8.86. The van der Waals surface area contributed by atoms with Gasteiger partial charge in [-0.1, -0.05) is 0 Å². The van der Waals surface area contributed by atoms with Crippen LogP contribution in [0.2, 0.25) is 0 Å². The van der Waals surface area contributed by atoms with Gasteiger partial charge in [-0.05, 0) is 60.7 Å². The van der Waals surface area contributed by atoms with E-state index in [1.54, 1.807) is 30.6 Å². The van der Waals surface area contributed by atoms with Gasteiger partial charge in [0, 0.05) is 23.4 Å². The molecule has 1 aliphatic carbocycles. The van der Waals surface area contributed by atoms with Crippen LogP contribution in [-0.2, 0) is 19.3 Å². The number of hydrogen-bond donors (Lipinski definition) is 1. The number of carbonyl (C=O) groups is 1. The lowest BCUT2D eigenvalue weighted by atomic mass is 10.0. The summed E-state index contributed by atoms with van der Waals surface area (Å²) in [7, 11) is 1.57. The first-order chi connectivity index (χ1) is 12.6. The maximum Gasteiger partial charge on any atom is 0.251 e. The number of carbonyl (C=O) groups excluding carboxylic acids is 1. The Hall–Kier alpha value is -1.60. The van der Waals surface area contributed by atoms with E-state index in [2.05, 4.69) is 21.2 Å². The van der Waals surface area contributed by atoms with Gasteiger partial charge in [0.25, 0.3) is 5.91 Å². The average molecular weight is 439 g/mol. The predicted octanol–water partition coefficient (Wildman–Crippen LogP) is 4.16. The number of benzene rings is 1. The first-order valence-electron chi connectivity index (χ1n) is 8.88.